The van der Waals surface area contributed by atoms with E-state index in [2.05, 4.69) is 105 Å². The minimum absolute atomic E-state index is 0.230. The summed E-state index contributed by atoms with van der Waals surface area (Å²) in [6, 6.07) is 14.0. The summed E-state index contributed by atoms with van der Waals surface area (Å²) in [5.74, 6) is 10.9. The molecule has 2 aromatic carbocycles. The van der Waals surface area contributed by atoms with Gasteiger partial charge in [0.05, 0.1) is 0 Å². The molecule has 2 aromatic rings. The summed E-state index contributed by atoms with van der Waals surface area (Å²) in [7, 11) is 0.544. The smallest absolute Gasteiger partial charge is 0.123 e. The minimum atomic E-state index is -1.51. The van der Waals surface area contributed by atoms with Crippen molar-refractivity contribution in [1.82, 2.24) is 14.5 Å². The number of piperidine rings is 1. The third kappa shape index (κ3) is 9.76. The Labute approximate surface area is 257 Å². The first-order valence-electron chi connectivity index (χ1n) is 14.6. The maximum atomic E-state index is 10.3. The molecule has 1 aliphatic rings. The van der Waals surface area contributed by atoms with E-state index in [1.807, 2.05) is 44.2 Å². The van der Waals surface area contributed by atoms with E-state index in [4.69, 9.17) is 0 Å². The highest BCUT2D eigenvalue weighted by atomic mass is 32.2. The summed E-state index contributed by atoms with van der Waals surface area (Å²) in [6.45, 7) is 23.5. The number of hydrogen-bond donors (Lipinski definition) is 2. The molecule has 1 saturated heterocycles. The van der Waals surface area contributed by atoms with Crippen LogP contribution >= 0.6 is 9.39 Å². The number of nitrogens with one attached hydrogen (secondary N) is 1. The summed E-state index contributed by atoms with van der Waals surface area (Å²) < 4.78 is 2.50. The molecule has 1 heterocycles. The lowest BCUT2D eigenvalue weighted by molar-refractivity contribution is 0.281. The molecule has 0 aromatic heterocycles. The van der Waals surface area contributed by atoms with Gasteiger partial charge in [-0.05, 0) is 93.0 Å². The van der Waals surface area contributed by atoms with Crippen molar-refractivity contribution in [2.45, 2.75) is 59.3 Å². The van der Waals surface area contributed by atoms with E-state index in [-0.39, 0.29) is 5.75 Å². The van der Waals surface area contributed by atoms with Crippen molar-refractivity contribution in [1.29, 1.82) is 0 Å². The summed E-state index contributed by atoms with van der Waals surface area (Å²) in [5.41, 5.74) is 6.24. The van der Waals surface area contributed by atoms with Gasteiger partial charge < -0.3 is 15.3 Å². The number of aryl methyl sites for hydroxylation is 2. The van der Waals surface area contributed by atoms with Gasteiger partial charge in [0.1, 0.15) is 11.6 Å². The Morgan fingerprint density at radius 2 is 1.62 bits per heavy atom. The first kappa shape index (κ1) is 36.4. The van der Waals surface area contributed by atoms with Crippen molar-refractivity contribution in [2.75, 3.05) is 26.7 Å². The molecule has 0 unspecified atom stereocenters. The highest BCUT2D eigenvalue weighted by Crippen LogP contribution is 2.39. The van der Waals surface area contributed by atoms with E-state index in [0.717, 1.165) is 60.7 Å². The van der Waals surface area contributed by atoms with Gasteiger partial charge in [-0.2, -0.15) is 0 Å². The van der Waals surface area contributed by atoms with Gasteiger partial charge >= 0.3 is 0 Å². The van der Waals surface area contributed by atoms with Crippen molar-refractivity contribution in [2.24, 2.45) is 5.92 Å². The molecule has 0 spiro atoms. The highest BCUT2D eigenvalue weighted by molar-refractivity contribution is 8.25. The van der Waals surface area contributed by atoms with Crippen molar-refractivity contribution >= 4 is 26.7 Å². The van der Waals surface area contributed by atoms with Crippen LogP contribution in [0.2, 0.25) is 0 Å². The average molecular weight is 588 g/mol. The largest absolute Gasteiger partial charge is 0.507 e. The molecule has 4 nitrogen and oxygen atoms in total. The van der Waals surface area contributed by atoms with Gasteiger partial charge in [-0.1, -0.05) is 69.1 Å². The van der Waals surface area contributed by atoms with Gasteiger partial charge in [0.15, 0.2) is 0 Å². The number of allylic oxidation sites excluding steroid dienone is 5. The molecule has 5 heteroatoms. The SMILES string of the molecule is C#C.C=C/C(C)=C(/C)N(C)/C(=C\C(=C)c1ccccc1O)NCC1CCN(S(=C)(=C)c2cc(C)cc(C)c2)CC1.CC. The summed E-state index contributed by atoms with van der Waals surface area (Å²) in [6.07, 6.45) is 14.1. The lowest BCUT2D eigenvalue weighted by Crippen LogP contribution is -2.37. The number of rotatable bonds is 10. The predicted octanol–water partition coefficient (Wildman–Crippen LogP) is 8.50. The monoisotopic (exact) mass is 587 g/mol. The van der Waals surface area contributed by atoms with Crippen LogP contribution in [0.25, 0.3) is 5.57 Å². The number of terminal acetylenes is 1. The Bertz CT molecular complexity index is 1370. The molecule has 0 atom stereocenters. The maximum absolute atomic E-state index is 10.3. The number of nitrogens with zero attached hydrogens (tertiary/aromatic N) is 2. The van der Waals surface area contributed by atoms with Gasteiger partial charge in [0, 0.05) is 42.8 Å². The number of hydrogen-bond acceptors (Lipinski definition) is 4. The Kier molecular flexibility index (Phi) is 15.1. The van der Waals surface area contributed by atoms with E-state index in [0.29, 0.717) is 5.92 Å². The van der Waals surface area contributed by atoms with Crippen molar-refractivity contribution in [3.8, 4) is 18.6 Å². The Morgan fingerprint density at radius 3 is 2.14 bits per heavy atom. The molecule has 2 N–H and O–H groups in total. The Balaban J connectivity index is 0.00000211. The number of benzene rings is 2. The van der Waals surface area contributed by atoms with Crippen LogP contribution in [0.5, 0.6) is 5.75 Å². The quantitative estimate of drug-likeness (QED) is 0.166. The lowest BCUT2D eigenvalue weighted by Gasteiger charge is -2.38. The fourth-order valence-corrected chi connectivity index (χ4v) is 6.88. The second-order valence-electron chi connectivity index (χ2n) is 10.5. The zero-order valence-corrected chi connectivity index (χ0v) is 27.9. The molecule has 0 aliphatic carbocycles. The number of phenols is 1. The van der Waals surface area contributed by atoms with E-state index in [1.54, 1.807) is 6.07 Å². The minimum Gasteiger partial charge on any atom is -0.507 e. The van der Waals surface area contributed by atoms with Crippen LogP contribution < -0.4 is 5.32 Å². The number of aromatic hydroxyl groups is 1. The molecule has 0 amide bonds. The third-order valence-corrected chi connectivity index (χ3v) is 10.0. The Morgan fingerprint density at radius 1 is 1.07 bits per heavy atom. The fraction of sp³-hybridized carbons (Fsp3) is 0.351. The van der Waals surface area contributed by atoms with Crippen LogP contribution in [0.1, 0.15) is 57.2 Å². The van der Waals surface area contributed by atoms with Gasteiger partial charge in [-0.25, -0.2) is 0 Å². The third-order valence-electron chi connectivity index (χ3n) is 7.58. The summed E-state index contributed by atoms with van der Waals surface area (Å²) in [5, 5.41) is 14.0. The molecule has 0 bridgehead atoms. The van der Waals surface area contributed by atoms with Crippen LogP contribution in [0.15, 0.2) is 89.8 Å². The first-order valence-corrected chi connectivity index (χ1v) is 16.5. The van der Waals surface area contributed by atoms with Gasteiger partial charge in [-0.15, -0.1) is 22.2 Å². The summed E-state index contributed by atoms with van der Waals surface area (Å²) >= 11 is 0. The second kappa shape index (κ2) is 17.4. The van der Waals surface area contributed by atoms with Crippen LogP contribution in [0, 0.1) is 32.6 Å². The first-order chi connectivity index (χ1) is 19.9. The molecule has 1 fully saturated rings. The van der Waals surface area contributed by atoms with Crippen molar-refractivity contribution in [3.63, 3.8) is 0 Å². The molecule has 0 radical (unpaired) electrons. The molecule has 1 aliphatic heterocycles. The topological polar surface area (TPSA) is 38.7 Å². The van der Waals surface area contributed by atoms with Crippen molar-refractivity contribution in [3.05, 3.63) is 102 Å². The molecule has 0 saturated carbocycles. The fourth-order valence-electron chi connectivity index (χ4n) is 4.86. The maximum Gasteiger partial charge on any atom is 0.123 e. The van der Waals surface area contributed by atoms with Crippen LogP contribution in [-0.2, 0) is 0 Å². The van der Waals surface area contributed by atoms with Crippen molar-refractivity contribution < 1.29 is 5.11 Å². The molecule has 42 heavy (non-hydrogen) atoms. The average Bonchev–Trinajstić information content (AvgIpc) is 3.00. The standard InChI is InChI=1S/C33H45N3OS.C2H6.C2H2/c1-10-26(4)28(6)35(7)33(22-27(5)31-13-11-12-14-32(31)37)34-23-29-15-17-36(18-16-29)38(8,9)30-20-24(2)19-25(3)21-30;2*1-2/h10-14,19-22,29,34,37H,1,5,8-9,15-18,23H2,2-4,6-7H3;1-2H3;1-2H/b28-26-,33-22-;;. The highest BCUT2D eigenvalue weighted by Gasteiger charge is 2.23. The molecule has 3 rings (SSSR count). The van der Waals surface area contributed by atoms with Crippen LogP contribution in [-0.4, -0.2) is 52.7 Å². The lowest BCUT2D eigenvalue weighted by atomic mass is 9.98. The zero-order valence-electron chi connectivity index (χ0n) is 27.0. The van der Waals surface area contributed by atoms with Gasteiger partial charge in [-0.3, -0.25) is 4.31 Å². The van der Waals surface area contributed by atoms with Crippen LogP contribution in [0.4, 0.5) is 0 Å². The van der Waals surface area contributed by atoms with E-state index in [9.17, 15) is 5.11 Å². The predicted molar refractivity (Wildman–Crippen MR) is 191 cm³/mol. The Hall–Kier alpha value is -3.59. The second-order valence-corrected chi connectivity index (χ2v) is 13.2. The number of phenolic OH excluding ortho intramolecular Hbond substituents is 1. The number of para-hydroxylation sites is 1. The zero-order chi connectivity index (χ0) is 32.0. The van der Waals surface area contributed by atoms with E-state index in [1.165, 1.54) is 16.0 Å². The normalized spacial score (nSPS) is 14.7. The van der Waals surface area contributed by atoms with E-state index >= 15 is 0 Å². The summed E-state index contributed by atoms with van der Waals surface area (Å²) in [4.78, 5) is 3.40. The van der Waals surface area contributed by atoms with Crippen LogP contribution in [0.3, 0.4) is 0 Å². The van der Waals surface area contributed by atoms with Gasteiger partial charge in [0.25, 0.3) is 0 Å². The molecular formula is C37H53N3OS. The van der Waals surface area contributed by atoms with E-state index < -0.39 is 9.39 Å². The molecular weight excluding hydrogens is 534 g/mol. The molecule has 228 valence electrons. The van der Waals surface area contributed by atoms with Gasteiger partial charge in [0.2, 0.25) is 0 Å².